The number of allylic oxidation sites excluding steroid dienone is 1. The van der Waals surface area contributed by atoms with E-state index >= 15 is 0 Å². The second-order valence-corrected chi connectivity index (χ2v) is 7.64. The average Bonchev–Trinajstić information content (AvgIpc) is 3.22. The van der Waals surface area contributed by atoms with Crippen molar-refractivity contribution in [1.29, 1.82) is 0 Å². The molecule has 1 atom stereocenters. The van der Waals surface area contributed by atoms with Gasteiger partial charge in [0.05, 0.1) is 12.2 Å². The summed E-state index contributed by atoms with van der Waals surface area (Å²) >= 11 is 0. The van der Waals surface area contributed by atoms with E-state index in [9.17, 15) is 4.79 Å². The molecule has 2 N–H and O–H groups in total. The zero-order chi connectivity index (χ0) is 22.0. The third-order valence-corrected chi connectivity index (χ3v) is 5.46. The summed E-state index contributed by atoms with van der Waals surface area (Å²) < 4.78 is 7.44. The molecule has 8 heteroatoms. The summed E-state index contributed by atoms with van der Waals surface area (Å²) in [4.78, 5) is 13.5. The molecule has 0 saturated heterocycles. The van der Waals surface area contributed by atoms with Gasteiger partial charge in [0.1, 0.15) is 11.8 Å². The molecular weight excluding hydrogens is 392 g/mol. The number of carbonyl (C=O) groups excluding carboxylic acids is 1. The highest BCUT2D eigenvalue weighted by atomic mass is 16.5. The number of hydrogen-bond acceptors (Lipinski definition) is 6. The summed E-state index contributed by atoms with van der Waals surface area (Å²) in [7, 11) is 0. The normalized spacial score (nSPS) is 15.3. The van der Waals surface area contributed by atoms with Crippen LogP contribution in [0.3, 0.4) is 0 Å². The van der Waals surface area contributed by atoms with Crippen molar-refractivity contribution < 1.29 is 9.53 Å². The molecule has 0 fully saturated rings. The number of amides is 1. The summed E-state index contributed by atoms with van der Waals surface area (Å²) in [6.07, 6.45) is 0.914. The van der Waals surface area contributed by atoms with Crippen molar-refractivity contribution in [2.45, 2.75) is 40.2 Å². The van der Waals surface area contributed by atoms with Crippen LogP contribution in [0.1, 0.15) is 43.0 Å². The smallest absolute Gasteiger partial charge is 0.255 e. The van der Waals surface area contributed by atoms with Crippen molar-refractivity contribution in [3.8, 4) is 5.75 Å². The van der Waals surface area contributed by atoms with Gasteiger partial charge in [-0.3, -0.25) is 4.79 Å². The summed E-state index contributed by atoms with van der Waals surface area (Å²) in [5.74, 6) is 1.04. The summed E-state index contributed by atoms with van der Waals surface area (Å²) in [6, 6.07) is 13.1. The minimum Gasteiger partial charge on any atom is -0.494 e. The number of tetrazole rings is 1. The molecule has 1 amide bonds. The van der Waals surface area contributed by atoms with Gasteiger partial charge in [-0.25, -0.2) is 0 Å². The molecule has 0 spiro atoms. The number of aryl methyl sites for hydroxylation is 1. The minimum atomic E-state index is -0.485. The quantitative estimate of drug-likeness (QED) is 0.628. The molecule has 0 radical (unpaired) electrons. The maximum atomic E-state index is 13.5. The number of nitrogens with one attached hydrogen (secondary N) is 2. The van der Waals surface area contributed by atoms with E-state index in [1.807, 2.05) is 63.2 Å². The lowest BCUT2D eigenvalue weighted by atomic mass is 9.94. The number of nitrogens with zero attached hydrogens (tertiary/aromatic N) is 4. The van der Waals surface area contributed by atoms with Crippen molar-refractivity contribution in [2.24, 2.45) is 0 Å². The van der Waals surface area contributed by atoms with Crippen LogP contribution < -0.4 is 15.4 Å². The maximum Gasteiger partial charge on any atom is 0.255 e. The van der Waals surface area contributed by atoms with Crippen LogP contribution in [-0.2, 0) is 4.79 Å². The molecule has 8 nitrogen and oxygen atoms in total. The van der Waals surface area contributed by atoms with Gasteiger partial charge >= 0.3 is 0 Å². The van der Waals surface area contributed by atoms with Crippen LogP contribution in [0, 0.1) is 13.8 Å². The zero-order valence-electron chi connectivity index (χ0n) is 18.1. The topological polar surface area (TPSA) is 94.0 Å². The van der Waals surface area contributed by atoms with Gasteiger partial charge < -0.3 is 15.4 Å². The predicted octanol–water partition coefficient (Wildman–Crippen LogP) is 4.01. The summed E-state index contributed by atoms with van der Waals surface area (Å²) in [6.45, 7) is 8.57. The van der Waals surface area contributed by atoms with Gasteiger partial charge in [-0.1, -0.05) is 36.3 Å². The Labute approximate surface area is 181 Å². The highest BCUT2D eigenvalue weighted by Gasteiger charge is 2.34. The molecule has 4 rings (SSSR count). The Morgan fingerprint density at radius 3 is 2.81 bits per heavy atom. The number of carbonyl (C=O) groups is 1. The Balaban J connectivity index is 1.74. The van der Waals surface area contributed by atoms with Crippen molar-refractivity contribution in [1.82, 2.24) is 20.2 Å². The van der Waals surface area contributed by atoms with Crippen LogP contribution >= 0.6 is 0 Å². The van der Waals surface area contributed by atoms with Gasteiger partial charge in [0.15, 0.2) is 0 Å². The van der Waals surface area contributed by atoms with E-state index in [0.717, 1.165) is 34.5 Å². The molecule has 2 aromatic carbocycles. The molecule has 0 bridgehead atoms. The first-order chi connectivity index (χ1) is 15.0. The van der Waals surface area contributed by atoms with Crippen LogP contribution in [0.5, 0.6) is 5.75 Å². The fourth-order valence-corrected chi connectivity index (χ4v) is 3.69. The minimum absolute atomic E-state index is 0.204. The van der Waals surface area contributed by atoms with Gasteiger partial charge in [0, 0.05) is 11.4 Å². The monoisotopic (exact) mass is 418 g/mol. The third kappa shape index (κ3) is 4.01. The molecule has 0 saturated carbocycles. The second-order valence-electron chi connectivity index (χ2n) is 7.64. The predicted molar refractivity (Wildman–Crippen MR) is 119 cm³/mol. The molecule has 0 aliphatic carbocycles. The highest BCUT2D eigenvalue weighted by Crippen LogP contribution is 2.36. The van der Waals surface area contributed by atoms with Crippen LogP contribution in [0.4, 0.5) is 11.6 Å². The highest BCUT2D eigenvalue weighted by molar-refractivity contribution is 6.06. The van der Waals surface area contributed by atoms with E-state index in [0.29, 0.717) is 23.8 Å². The largest absolute Gasteiger partial charge is 0.494 e. The van der Waals surface area contributed by atoms with E-state index in [1.165, 1.54) is 0 Å². The molecule has 1 aromatic heterocycles. The van der Waals surface area contributed by atoms with Gasteiger partial charge in [0.2, 0.25) is 5.95 Å². The molecule has 1 aliphatic heterocycles. The molecular formula is C23H26N6O2. The second kappa shape index (κ2) is 8.59. The first kappa shape index (κ1) is 20.6. The Hall–Kier alpha value is -3.68. The van der Waals surface area contributed by atoms with Crippen molar-refractivity contribution in [2.75, 3.05) is 17.2 Å². The number of fused-ring (bicyclic) bond motifs is 1. The number of hydrogen-bond donors (Lipinski definition) is 2. The molecule has 1 unspecified atom stereocenters. The van der Waals surface area contributed by atoms with Gasteiger partial charge in [0.25, 0.3) is 5.91 Å². The van der Waals surface area contributed by atoms with Crippen molar-refractivity contribution in [3.05, 3.63) is 70.4 Å². The molecule has 3 aromatic rings. The molecule has 2 heterocycles. The first-order valence-corrected chi connectivity index (χ1v) is 10.4. The fraction of sp³-hybridized carbons (Fsp3) is 0.304. The number of anilines is 2. The van der Waals surface area contributed by atoms with Crippen molar-refractivity contribution in [3.63, 3.8) is 0 Å². The Bertz CT molecular complexity index is 1150. The molecule has 160 valence electrons. The number of rotatable bonds is 6. The average molecular weight is 419 g/mol. The fourth-order valence-electron chi connectivity index (χ4n) is 3.69. The Kier molecular flexibility index (Phi) is 5.70. The van der Waals surface area contributed by atoms with Crippen LogP contribution in [0.2, 0.25) is 0 Å². The maximum absolute atomic E-state index is 13.5. The van der Waals surface area contributed by atoms with E-state index < -0.39 is 6.04 Å². The zero-order valence-corrected chi connectivity index (χ0v) is 18.1. The molecule has 31 heavy (non-hydrogen) atoms. The standard InChI is InChI=1S/C23H26N6O2/c1-5-12-31-18-10-7-9-17(13-18)21-20(16(4)24-23-26-27-28-29(21)23)22(30)25-19-11-6-8-14(2)15(19)3/h6-11,13,21H,5,12H2,1-4H3,(H,25,30)(H,24,26,28). The van der Waals surface area contributed by atoms with Crippen molar-refractivity contribution >= 4 is 17.5 Å². The lowest BCUT2D eigenvalue weighted by molar-refractivity contribution is -0.113. The number of ether oxygens (including phenoxy) is 1. The van der Waals surface area contributed by atoms with Gasteiger partial charge in [-0.2, -0.15) is 4.68 Å². The Morgan fingerprint density at radius 1 is 1.19 bits per heavy atom. The molecule has 1 aliphatic rings. The van der Waals surface area contributed by atoms with Gasteiger partial charge in [-0.15, -0.1) is 0 Å². The van der Waals surface area contributed by atoms with E-state index in [2.05, 4.69) is 33.1 Å². The lowest BCUT2D eigenvalue weighted by Crippen LogP contribution is -2.31. The van der Waals surface area contributed by atoms with E-state index in [4.69, 9.17) is 4.74 Å². The first-order valence-electron chi connectivity index (χ1n) is 10.4. The lowest BCUT2D eigenvalue weighted by Gasteiger charge is -2.28. The van der Waals surface area contributed by atoms with Crippen LogP contribution in [0.25, 0.3) is 0 Å². The van der Waals surface area contributed by atoms with Gasteiger partial charge in [-0.05, 0) is 72.5 Å². The van der Waals surface area contributed by atoms with Crippen LogP contribution in [-0.4, -0.2) is 32.7 Å². The summed E-state index contributed by atoms with van der Waals surface area (Å²) in [5.41, 5.74) is 5.06. The van der Waals surface area contributed by atoms with Crippen LogP contribution in [0.15, 0.2) is 53.7 Å². The Morgan fingerprint density at radius 2 is 2.00 bits per heavy atom. The van der Waals surface area contributed by atoms with E-state index in [-0.39, 0.29) is 5.91 Å². The summed E-state index contributed by atoms with van der Waals surface area (Å²) in [5, 5.41) is 18.2. The number of benzene rings is 2. The van der Waals surface area contributed by atoms with E-state index in [1.54, 1.807) is 4.68 Å². The SMILES string of the molecule is CCCOc1cccc(C2C(C(=O)Nc3cccc(C)c3C)=C(C)Nc3nnnn32)c1. The third-order valence-electron chi connectivity index (χ3n) is 5.46. The number of aromatic nitrogens is 4.